The highest BCUT2D eigenvalue weighted by atomic mass is 16.5. The van der Waals surface area contributed by atoms with Crippen molar-refractivity contribution in [3.63, 3.8) is 0 Å². The molecule has 0 unspecified atom stereocenters. The lowest BCUT2D eigenvalue weighted by Gasteiger charge is -2.28. The van der Waals surface area contributed by atoms with E-state index in [9.17, 15) is 4.79 Å². The van der Waals surface area contributed by atoms with Crippen LogP contribution in [0.2, 0.25) is 0 Å². The van der Waals surface area contributed by atoms with Gasteiger partial charge in [0, 0.05) is 26.8 Å². The molecule has 2 rings (SSSR count). The van der Waals surface area contributed by atoms with E-state index in [1.165, 1.54) is 4.90 Å². The first-order valence-corrected chi connectivity index (χ1v) is 5.54. The molecule has 17 heavy (non-hydrogen) atoms. The molecule has 0 aliphatic carbocycles. The smallest absolute Gasteiger partial charge is 0.321 e. The van der Waals surface area contributed by atoms with Crippen molar-refractivity contribution in [1.29, 1.82) is 0 Å². The summed E-state index contributed by atoms with van der Waals surface area (Å²) in [5, 5.41) is 2.82. The highest BCUT2D eigenvalue weighted by Crippen LogP contribution is 2.33. The number of carbonyl (C=O) groups is 1. The van der Waals surface area contributed by atoms with Gasteiger partial charge in [0.05, 0.1) is 12.2 Å². The largest absolute Gasteiger partial charge is 0.490 e. The monoisotopic (exact) mass is 235 g/mol. The molecule has 1 aliphatic rings. The maximum absolute atomic E-state index is 11.5. The van der Waals surface area contributed by atoms with Gasteiger partial charge in [-0.2, -0.15) is 0 Å². The second-order valence-electron chi connectivity index (χ2n) is 4.28. The minimum atomic E-state index is -0.135. The van der Waals surface area contributed by atoms with Crippen molar-refractivity contribution >= 4 is 17.4 Å². The summed E-state index contributed by atoms with van der Waals surface area (Å²) in [5.74, 6) is 0.863. The van der Waals surface area contributed by atoms with Gasteiger partial charge in [-0.15, -0.1) is 0 Å². The van der Waals surface area contributed by atoms with Gasteiger partial charge in [0.25, 0.3) is 0 Å². The normalized spacial score (nSPS) is 13.7. The Bertz CT molecular complexity index is 432. The molecule has 0 saturated heterocycles. The number of fused-ring (bicyclic) bond motifs is 1. The van der Waals surface area contributed by atoms with Crippen LogP contribution in [0.25, 0.3) is 0 Å². The molecule has 0 bridgehead atoms. The van der Waals surface area contributed by atoms with E-state index in [2.05, 4.69) is 10.2 Å². The van der Waals surface area contributed by atoms with Crippen LogP contribution in [0.1, 0.15) is 0 Å². The summed E-state index contributed by atoms with van der Waals surface area (Å²) in [4.78, 5) is 15.1. The molecule has 0 spiro atoms. The third-order valence-electron chi connectivity index (χ3n) is 2.71. The van der Waals surface area contributed by atoms with Crippen LogP contribution in [0.4, 0.5) is 16.2 Å². The van der Waals surface area contributed by atoms with Crippen LogP contribution < -0.4 is 15.0 Å². The topological polar surface area (TPSA) is 44.8 Å². The molecule has 2 amide bonds. The van der Waals surface area contributed by atoms with E-state index in [0.29, 0.717) is 6.61 Å². The first kappa shape index (κ1) is 11.6. The Kier molecular flexibility index (Phi) is 3.08. The quantitative estimate of drug-likeness (QED) is 0.804. The maximum atomic E-state index is 11.5. The predicted molar refractivity (Wildman–Crippen MR) is 67.9 cm³/mol. The molecule has 1 N–H and O–H groups in total. The molecule has 0 fully saturated rings. The minimum absolute atomic E-state index is 0.135. The molecular formula is C12H17N3O2. The number of rotatable bonds is 1. The molecule has 1 heterocycles. The average Bonchev–Trinajstić information content (AvgIpc) is 2.30. The summed E-state index contributed by atoms with van der Waals surface area (Å²) in [7, 11) is 5.44. The highest BCUT2D eigenvalue weighted by molar-refractivity contribution is 5.90. The molecule has 0 radical (unpaired) electrons. The van der Waals surface area contributed by atoms with Gasteiger partial charge in [-0.3, -0.25) is 0 Å². The number of hydrogen-bond donors (Lipinski definition) is 1. The SMILES string of the molecule is CN(C)C(=O)Nc1ccc2c(c1)N(C)CCO2. The summed E-state index contributed by atoms with van der Waals surface area (Å²) in [6, 6.07) is 5.52. The number of likely N-dealkylation sites (N-methyl/N-ethyl adjacent to an activating group) is 1. The first-order chi connectivity index (χ1) is 8.08. The van der Waals surface area contributed by atoms with Gasteiger partial charge in [-0.1, -0.05) is 0 Å². The van der Waals surface area contributed by atoms with E-state index in [4.69, 9.17) is 4.74 Å². The Morgan fingerprint density at radius 1 is 1.47 bits per heavy atom. The van der Waals surface area contributed by atoms with Crippen molar-refractivity contribution < 1.29 is 9.53 Å². The van der Waals surface area contributed by atoms with E-state index in [1.807, 2.05) is 25.2 Å². The van der Waals surface area contributed by atoms with Crippen molar-refractivity contribution in [3.8, 4) is 5.75 Å². The molecule has 1 aliphatic heterocycles. The summed E-state index contributed by atoms with van der Waals surface area (Å²) in [5.41, 5.74) is 1.78. The van der Waals surface area contributed by atoms with Gasteiger partial charge < -0.3 is 19.9 Å². The van der Waals surface area contributed by atoms with Gasteiger partial charge in [0.1, 0.15) is 12.4 Å². The molecule has 1 aromatic carbocycles. The van der Waals surface area contributed by atoms with Crippen molar-refractivity contribution in [3.05, 3.63) is 18.2 Å². The Labute approximate surface area is 101 Å². The molecule has 5 nitrogen and oxygen atoms in total. The van der Waals surface area contributed by atoms with Gasteiger partial charge in [-0.05, 0) is 18.2 Å². The standard InChI is InChI=1S/C12H17N3O2/c1-14(2)12(16)13-9-4-5-11-10(8-9)15(3)6-7-17-11/h4-5,8H,6-7H2,1-3H3,(H,13,16). The molecule has 1 aromatic rings. The van der Waals surface area contributed by atoms with Gasteiger partial charge >= 0.3 is 6.03 Å². The number of nitrogens with zero attached hydrogens (tertiary/aromatic N) is 2. The minimum Gasteiger partial charge on any atom is -0.490 e. The van der Waals surface area contributed by atoms with Gasteiger partial charge in [0.2, 0.25) is 0 Å². The molecule has 0 saturated carbocycles. The fraction of sp³-hybridized carbons (Fsp3) is 0.417. The third kappa shape index (κ3) is 2.43. The Balaban J connectivity index is 2.21. The Morgan fingerprint density at radius 2 is 2.24 bits per heavy atom. The molecule has 92 valence electrons. The van der Waals surface area contributed by atoms with Crippen molar-refractivity contribution in [2.24, 2.45) is 0 Å². The number of benzene rings is 1. The molecule has 0 atom stereocenters. The van der Waals surface area contributed by atoms with Crippen LogP contribution in [0, 0.1) is 0 Å². The lowest BCUT2D eigenvalue weighted by molar-refractivity contribution is 0.230. The summed E-state index contributed by atoms with van der Waals surface area (Å²) < 4.78 is 5.54. The van der Waals surface area contributed by atoms with Crippen LogP contribution in [0.5, 0.6) is 5.75 Å². The number of anilines is 2. The fourth-order valence-corrected chi connectivity index (χ4v) is 1.66. The maximum Gasteiger partial charge on any atom is 0.321 e. The lowest BCUT2D eigenvalue weighted by atomic mass is 10.2. The summed E-state index contributed by atoms with van der Waals surface area (Å²) >= 11 is 0. The van der Waals surface area contributed by atoms with Crippen LogP contribution in [0.3, 0.4) is 0 Å². The van der Waals surface area contributed by atoms with E-state index >= 15 is 0 Å². The molecule has 0 aromatic heterocycles. The number of carbonyl (C=O) groups excluding carboxylic acids is 1. The predicted octanol–water partition coefficient (Wildman–Crippen LogP) is 1.61. The zero-order chi connectivity index (χ0) is 12.4. The number of amides is 2. The first-order valence-electron chi connectivity index (χ1n) is 5.54. The Hall–Kier alpha value is -1.91. The fourth-order valence-electron chi connectivity index (χ4n) is 1.66. The van der Waals surface area contributed by atoms with Crippen LogP contribution >= 0.6 is 0 Å². The average molecular weight is 235 g/mol. The van der Waals surface area contributed by atoms with E-state index in [-0.39, 0.29) is 6.03 Å². The zero-order valence-electron chi connectivity index (χ0n) is 10.4. The van der Waals surface area contributed by atoms with Crippen LogP contribution in [-0.4, -0.2) is 45.2 Å². The van der Waals surface area contributed by atoms with Crippen LogP contribution in [0.15, 0.2) is 18.2 Å². The van der Waals surface area contributed by atoms with Gasteiger partial charge in [0.15, 0.2) is 0 Å². The number of hydrogen-bond acceptors (Lipinski definition) is 3. The second-order valence-corrected chi connectivity index (χ2v) is 4.28. The van der Waals surface area contributed by atoms with Crippen LogP contribution in [-0.2, 0) is 0 Å². The summed E-state index contributed by atoms with van der Waals surface area (Å²) in [6.45, 7) is 1.56. The van der Waals surface area contributed by atoms with E-state index in [1.54, 1.807) is 14.1 Å². The zero-order valence-corrected chi connectivity index (χ0v) is 10.4. The van der Waals surface area contributed by atoms with E-state index in [0.717, 1.165) is 23.7 Å². The number of ether oxygens (including phenoxy) is 1. The summed E-state index contributed by atoms with van der Waals surface area (Å²) in [6.07, 6.45) is 0. The molecular weight excluding hydrogens is 218 g/mol. The van der Waals surface area contributed by atoms with Crippen molar-refractivity contribution in [2.45, 2.75) is 0 Å². The number of nitrogens with one attached hydrogen (secondary N) is 1. The van der Waals surface area contributed by atoms with Crippen molar-refractivity contribution in [2.75, 3.05) is 44.5 Å². The second kappa shape index (κ2) is 4.53. The lowest BCUT2D eigenvalue weighted by Crippen LogP contribution is -2.30. The molecule has 5 heteroatoms. The third-order valence-corrected chi connectivity index (χ3v) is 2.71. The van der Waals surface area contributed by atoms with Gasteiger partial charge in [-0.25, -0.2) is 4.79 Å². The van der Waals surface area contributed by atoms with Crippen molar-refractivity contribution in [1.82, 2.24) is 4.90 Å². The Morgan fingerprint density at radius 3 is 2.94 bits per heavy atom. The van der Waals surface area contributed by atoms with E-state index < -0.39 is 0 Å². The number of urea groups is 1. The highest BCUT2D eigenvalue weighted by Gasteiger charge is 2.15.